The van der Waals surface area contributed by atoms with Crippen LogP contribution in [0.2, 0.25) is 0 Å². The van der Waals surface area contributed by atoms with E-state index in [-0.39, 0.29) is 5.97 Å². The van der Waals surface area contributed by atoms with Gasteiger partial charge in [-0.05, 0) is 66.9 Å². The molecule has 5 heteroatoms. The van der Waals surface area contributed by atoms with Gasteiger partial charge >= 0.3 is 5.97 Å². The minimum absolute atomic E-state index is 0.333. The summed E-state index contributed by atoms with van der Waals surface area (Å²) in [6.45, 7) is 6.14. The molecule has 2 atom stereocenters. The maximum atomic E-state index is 12.8. The van der Waals surface area contributed by atoms with Gasteiger partial charge in [0.2, 0.25) is 0 Å². The highest BCUT2D eigenvalue weighted by Gasteiger charge is 2.46. The number of esters is 1. The molecular formula is C21H22N2O2S. The highest BCUT2D eigenvalue weighted by Crippen LogP contribution is 2.46. The van der Waals surface area contributed by atoms with E-state index in [1.807, 2.05) is 31.2 Å². The Balaban J connectivity index is 2.15. The molecule has 26 heavy (non-hydrogen) atoms. The number of nitrogens with zero attached hydrogens (tertiary/aromatic N) is 1. The minimum atomic E-state index is -0.865. The zero-order valence-electron chi connectivity index (χ0n) is 15.2. The van der Waals surface area contributed by atoms with Gasteiger partial charge < -0.3 is 10.5 Å². The van der Waals surface area contributed by atoms with Gasteiger partial charge in [-0.1, -0.05) is 32.0 Å². The van der Waals surface area contributed by atoms with Gasteiger partial charge in [-0.2, -0.15) is 4.99 Å². The molecule has 0 radical (unpaired) electrons. The summed E-state index contributed by atoms with van der Waals surface area (Å²) in [6, 6.07) is 11.2. The van der Waals surface area contributed by atoms with E-state index < -0.39 is 11.5 Å². The lowest BCUT2D eigenvalue weighted by atomic mass is 9.72. The van der Waals surface area contributed by atoms with E-state index in [1.165, 1.54) is 11.1 Å². The van der Waals surface area contributed by atoms with Gasteiger partial charge in [0, 0.05) is 5.56 Å². The number of isothiocyanates is 1. The number of hydrogen-bond acceptors (Lipinski definition) is 5. The molecule has 0 aliphatic carbocycles. The molecule has 2 N–H and O–H groups in total. The van der Waals surface area contributed by atoms with Crippen LogP contribution < -0.4 is 10.5 Å². The number of nitrogens with two attached hydrogens (primary N) is 1. The first kappa shape index (κ1) is 18.5. The summed E-state index contributed by atoms with van der Waals surface area (Å²) in [7, 11) is 0. The fourth-order valence-corrected chi connectivity index (χ4v) is 4.02. The van der Waals surface area contributed by atoms with Crippen molar-refractivity contribution in [2.24, 2.45) is 10.7 Å². The molecule has 2 aromatic rings. The molecule has 0 aromatic heterocycles. The fourth-order valence-electron chi connectivity index (χ4n) is 3.91. The van der Waals surface area contributed by atoms with Crippen molar-refractivity contribution in [1.29, 1.82) is 0 Å². The summed E-state index contributed by atoms with van der Waals surface area (Å²) in [6.07, 6.45) is 1.75. The number of thiocarbonyl (C=S) groups is 1. The van der Waals surface area contributed by atoms with Crippen molar-refractivity contribution >= 4 is 29.0 Å². The molecule has 4 nitrogen and oxygen atoms in total. The molecule has 134 valence electrons. The second-order valence-electron chi connectivity index (χ2n) is 6.71. The summed E-state index contributed by atoms with van der Waals surface area (Å²) in [4.78, 5) is 16.7. The van der Waals surface area contributed by atoms with Crippen LogP contribution in [-0.2, 0) is 23.2 Å². The van der Waals surface area contributed by atoms with E-state index in [0.29, 0.717) is 11.4 Å². The van der Waals surface area contributed by atoms with E-state index >= 15 is 0 Å². The predicted octanol–water partition coefficient (Wildman–Crippen LogP) is 4.42. The van der Waals surface area contributed by atoms with Crippen molar-refractivity contribution in [3.8, 4) is 5.75 Å². The van der Waals surface area contributed by atoms with Crippen LogP contribution in [0.1, 0.15) is 48.9 Å². The highest BCUT2D eigenvalue weighted by atomic mass is 32.1. The molecule has 0 saturated carbocycles. The van der Waals surface area contributed by atoms with E-state index in [4.69, 9.17) is 10.5 Å². The van der Waals surface area contributed by atoms with Gasteiger partial charge in [-0.15, -0.1) is 0 Å². The second kappa shape index (κ2) is 7.12. The van der Waals surface area contributed by atoms with Crippen molar-refractivity contribution in [2.75, 3.05) is 0 Å². The number of rotatable bonds is 4. The highest BCUT2D eigenvalue weighted by molar-refractivity contribution is 7.78. The van der Waals surface area contributed by atoms with Crippen LogP contribution in [0, 0.1) is 0 Å². The summed E-state index contributed by atoms with van der Waals surface area (Å²) in [5.74, 6) is -0.343. The molecule has 2 aromatic carbocycles. The Hall–Kier alpha value is -2.33. The number of benzene rings is 2. The van der Waals surface area contributed by atoms with E-state index in [1.54, 1.807) is 12.1 Å². The topological polar surface area (TPSA) is 64.7 Å². The SMILES string of the molecule is CCc1ccc2c(c1CC)C(C)(N)C(c1ccc(N=C=S)cc1)C(=O)O2. The number of aryl methyl sites for hydroxylation is 1. The van der Waals surface area contributed by atoms with E-state index in [0.717, 1.165) is 24.0 Å². The van der Waals surface area contributed by atoms with Crippen LogP contribution in [0.15, 0.2) is 41.4 Å². The first-order valence-corrected chi connectivity index (χ1v) is 9.18. The number of aliphatic imine (C=N–C) groups is 1. The number of carbonyl (C=O) groups excluding carboxylic acids is 1. The van der Waals surface area contributed by atoms with Crippen LogP contribution in [0.3, 0.4) is 0 Å². The lowest BCUT2D eigenvalue weighted by molar-refractivity contribution is -0.139. The Labute approximate surface area is 159 Å². The molecule has 1 aliphatic rings. The lowest BCUT2D eigenvalue weighted by Gasteiger charge is -2.40. The molecule has 0 spiro atoms. The van der Waals surface area contributed by atoms with Gasteiger partial charge in [0.1, 0.15) is 11.7 Å². The van der Waals surface area contributed by atoms with Crippen molar-refractivity contribution in [2.45, 2.75) is 45.1 Å². The zero-order valence-corrected chi connectivity index (χ0v) is 16.0. The third-order valence-electron chi connectivity index (χ3n) is 5.09. The third-order valence-corrected chi connectivity index (χ3v) is 5.18. The molecule has 0 amide bonds. The smallest absolute Gasteiger partial charge is 0.321 e. The van der Waals surface area contributed by atoms with Gasteiger partial charge in [0.05, 0.1) is 16.4 Å². The van der Waals surface area contributed by atoms with Gasteiger partial charge in [-0.3, -0.25) is 4.79 Å². The molecule has 1 heterocycles. The van der Waals surface area contributed by atoms with Crippen LogP contribution in [0.25, 0.3) is 0 Å². The molecule has 0 saturated heterocycles. The average molecular weight is 366 g/mol. The summed E-state index contributed by atoms with van der Waals surface area (Å²) in [5.41, 5.74) is 10.8. The summed E-state index contributed by atoms with van der Waals surface area (Å²) < 4.78 is 5.68. The fraction of sp³-hybridized carbons (Fsp3) is 0.333. The first-order chi connectivity index (χ1) is 12.4. The predicted molar refractivity (Wildman–Crippen MR) is 106 cm³/mol. The Morgan fingerprint density at radius 1 is 1.19 bits per heavy atom. The number of hydrogen-bond donors (Lipinski definition) is 1. The molecule has 0 fully saturated rings. The van der Waals surface area contributed by atoms with Crippen LogP contribution in [0.4, 0.5) is 5.69 Å². The molecular weight excluding hydrogens is 344 g/mol. The van der Waals surface area contributed by atoms with Gasteiger partial charge in [0.15, 0.2) is 0 Å². The maximum absolute atomic E-state index is 12.8. The quantitative estimate of drug-likeness (QED) is 0.376. The Morgan fingerprint density at radius 3 is 2.46 bits per heavy atom. The third kappa shape index (κ3) is 2.99. The summed E-state index contributed by atoms with van der Waals surface area (Å²) in [5, 5.41) is 2.34. The van der Waals surface area contributed by atoms with E-state index in [9.17, 15) is 4.79 Å². The Morgan fingerprint density at radius 2 is 1.88 bits per heavy atom. The standard InChI is InChI=1S/C21H22N2O2S/c1-4-13-8-11-17-19(16(13)5-2)21(3,22)18(20(24)25-17)14-6-9-15(10-7-14)23-12-26/h6-11,18H,4-5,22H2,1-3H3. The lowest BCUT2D eigenvalue weighted by Crippen LogP contribution is -2.49. The average Bonchev–Trinajstić information content (AvgIpc) is 2.62. The zero-order chi connectivity index (χ0) is 18.9. The van der Waals surface area contributed by atoms with Crippen molar-refractivity contribution < 1.29 is 9.53 Å². The van der Waals surface area contributed by atoms with Crippen LogP contribution >= 0.6 is 12.2 Å². The largest absolute Gasteiger partial charge is 0.426 e. The monoisotopic (exact) mass is 366 g/mol. The van der Waals surface area contributed by atoms with Gasteiger partial charge in [-0.25, -0.2) is 0 Å². The molecule has 1 aliphatic heterocycles. The Kier molecular flexibility index (Phi) is 5.05. The van der Waals surface area contributed by atoms with Crippen LogP contribution in [-0.4, -0.2) is 11.1 Å². The molecule has 0 bridgehead atoms. The van der Waals surface area contributed by atoms with E-state index in [2.05, 4.69) is 36.2 Å². The molecule has 3 rings (SSSR count). The second-order valence-corrected chi connectivity index (χ2v) is 6.90. The minimum Gasteiger partial charge on any atom is -0.426 e. The number of fused-ring (bicyclic) bond motifs is 1. The summed E-state index contributed by atoms with van der Waals surface area (Å²) >= 11 is 4.63. The van der Waals surface area contributed by atoms with Crippen molar-refractivity contribution in [1.82, 2.24) is 0 Å². The van der Waals surface area contributed by atoms with Crippen LogP contribution in [0.5, 0.6) is 5.75 Å². The van der Waals surface area contributed by atoms with Gasteiger partial charge in [0.25, 0.3) is 0 Å². The molecule has 2 unspecified atom stereocenters. The first-order valence-electron chi connectivity index (χ1n) is 8.77. The van der Waals surface area contributed by atoms with Crippen molar-refractivity contribution in [3.63, 3.8) is 0 Å². The number of carbonyl (C=O) groups is 1. The maximum Gasteiger partial charge on any atom is 0.321 e. The van der Waals surface area contributed by atoms with Crippen molar-refractivity contribution in [3.05, 3.63) is 58.7 Å². The normalized spacial score (nSPS) is 21.5. The number of ether oxygens (including phenoxy) is 1. The Bertz CT molecular complexity index is 897.